The Bertz CT molecular complexity index is 1250. The van der Waals surface area contributed by atoms with Gasteiger partial charge < -0.3 is 15.2 Å². The maximum Gasteiger partial charge on any atom is 0.276 e. The van der Waals surface area contributed by atoms with E-state index >= 15 is 0 Å². The zero-order valence-electron chi connectivity index (χ0n) is 18.9. The van der Waals surface area contributed by atoms with Crippen LogP contribution in [0, 0.1) is 6.92 Å². The van der Waals surface area contributed by atoms with E-state index < -0.39 is 0 Å². The van der Waals surface area contributed by atoms with Crippen molar-refractivity contribution in [2.75, 3.05) is 5.32 Å². The molecule has 2 N–H and O–H groups in total. The van der Waals surface area contributed by atoms with Crippen molar-refractivity contribution < 1.29 is 14.6 Å². The van der Waals surface area contributed by atoms with Gasteiger partial charge in [0.05, 0.1) is 0 Å². The predicted octanol–water partition coefficient (Wildman–Crippen LogP) is 5.98. The SMILES string of the molecule is Cc1cc(O)c(C(C)C)cc1NC(=O)c1ccn(COc2ccc(-c3ccccc3)cc2)n1. The number of nitrogens with one attached hydrogen (secondary N) is 1. The minimum absolute atomic E-state index is 0.138. The molecule has 168 valence electrons. The largest absolute Gasteiger partial charge is 0.508 e. The fraction of sp³-hybridized carbons (Fsp3) is 0.185. The van der Waals surface area contributed by atoms with Gasteiger partial charge in [0.15, 0.2) is 12.4 Å². The van der Waals surface area contributed by atoms with Crippen LogP contribution < -0.4 is 10.1 Å². The van der Waals surface area contributed by atoms with Crippen LogP contribution in [0.4, 0.5) is 5.69 Å². The summed E-state index contributed by atoms with van der Waals surface area (Å²) in [6.45, 7) is 6.02. The summed E-state index contributed by atoms with van der Waals surface area (Å²) in [5, 5.41) is 17.3. The maximum absolute atomic E-state index is 12.7. The first-order valence-electron chi connectivity index (χ1n) is 10.9. The summed E-state index contributed by atoms with van der Waals surface area (Å²) in [5.74, 6) is 0.777. The molecular formula is C27H27N3O3. The number of benzene rings is 3. The van der Waals surface area contributed by atoms with Crippen molar-refractivity contribution in [3.8, 4) is 22.6 Å². The molecule has 0 saturated carbocycles. The Labute approximate surface area is 193 Å². The standard InChI is InChI=1S/C27H27N3O3/c1-18(2)23-16-25(19(3)15-26(23)31)28-27(32)24-13-14-30(29-24)17-33-22-11-9-21(10-12-22)20-7-5-4-6-8-20/h4-16,18,31H,17H2,1-3H3,(H,28,32). The number of amides is 1. The van der Waals surface area contributed by atoms with Crippen molar-refractivity contribution in [3.05, 3.63) is 95.8 Å². The molecule has 4 aromatic rings. The monoisotopic (exact) mass is 441 g/mol. The van der Waals surface area contributed by atoms with Crippen LogP contribution in [-0.2, 0) is 6.73 Å². The molecule has 4 rings (SSSR count). The summed E-state index contributed by atoms with van der Waals surface area (Å²) in [5.41, 5.74) is 4.78. The zero-order valence-corrected chi connectivity index (χ0v) is 18.9. The number of aryl methyl sites for hydroxylation is 1. The fourth-order valence-electron chi connectivity index (χ4n) is 3.56. The van der Waals surface area contributed by atoms with Gasteiger partial charge in [0.2, 0.25) is 0 Å². The Morgan fingerprint density at radius 2 is 1.73 bits per heavy atom. The fourth-order valence-corrected chi connectivity index (χ4v) is 3.56. The Hall–Kier alpha value is -4.06. The van der Waals surface area contributed by atoms with Gasteiger partial charge in [-0.05, 0) is 65.4 Å². The Morgan fingerprint density at radius 3 is 2.42 bits per heavy atom. The lowest BCUT2D eigenvalue weighted by molar-refractivity contribution is 0.102. The van der Waals surface area contributed by atoms with E-state index in [1.54, 1.807) is 23.0 Å². The number of hydrogen-bond donors (Lipinski definition) is 2. The maximum atomic E-state index is 12.7. The molecule has 0 bridgehead atoms. The van der Waals surface area contributed by atoms with Crippen LogP contribution >= 0.6 is 0 Å². The number of carbonyl (C=O) groups excluding carboxylic acids is 1. The van der Waals surface area contributed by atoms with Crippen LogP contribution in [0.2, 0.25) is 0 Å². The highest BCUT2D eigenvalue weighted by Gasteiger charge is 2.15. The van der Waals surface area contributed by atoms with Gasteiger partial charge in [0.25, 0.3) is 5.91 Å². The number of anilines is 1. The third-order valence-corrected chi connectivity index (χ3v) is 5.44. The third-order valence-electron chi connectivity index (χ3n) is 5.44. The number of phenols is 1. The van der Waals surface area contributed by atoms with Crippen molar-refractivity contribution in [2.24, 2.45) is 0 Å². The average molecular weight is 442 g/mol. The molecule has 33 heavy (non-hydrogen) atoms. The third kappa shape index (κ3) is 5.23. The van der Waals surface area contributed by atoms with Gasteiger partial charge in [-0.1, -0.05) is 56.3 Å². The number of aromatic nitrogens is 2. The van der Waals surface area contributed by atoms with E-state index in [9.17, 15) is 9.90 Å². The summed E-state index contributed by atoms with van der Waals surface area (Å²) < 4.78 is 7.38. The Morgan fingerprint density at radius 1 is 1.03 bits per heavy atom. The van der Waals surface area contributed by atoms with Crippen LogP contribution in [0.1, 0.15) is 41.4 Å². The van der Waals surface area contributed by atoms with Crippen molar-refractivity contribution in [3.63, 3.8) is 0 Å². The second-order valence-electron chi connectivity index (χ2n) is 8.24. The highest BCUT2D eigenvalue weighted by molar-refractivity contribution is 6.03. The number of phenolic OH excluding ortho intramolecular Hbond substituents is 1. The number of carbonyl (C=O) groups is 1. The van der Waals surface area contributed by atoms with E-state index in [-0.39, 0.29) is 30.0 Å². The highest BCUT2D eigenvalue weighted by atomic mass is 16.5. The molecule has 3 aromatic carbocycles. The van der Waals surface area contributed by atoms with Crippen LogP contribution in [0.15, 0.2) is 79.0 Å². The average Bonchev–Trinajstić information content (AvgIpc) is 3.29. The zero-order chi connectivity index (χ0) is 23.4. The van der Waals surface area contributed by atoms with E-state index in [1.807, 2.05) is 69.3 Å². The van der Waals surface area contributed by atoms with Gasteiger partial charge in [0, 0.05) is 11.9 Å². The number of aromatic hydroxyl groups is 1. The number of nitrogens with zero attached hydrogens (tertiary/aromatic N) is 2. The highest BCUT2D eigenvalue weighted by Crippen LogP contribution is 2.31. The van der Waals surface area contributed by atoms with Crippen molar-refractivity contribution in [1.29, 1.82) is 0 Å². The summed E-state index contributed by atoms with van der Waals surface area (Å²) in [6.07, 6.45) is 1.70. The van der Waals surface area contributed by atoms with E-state index in [1.165, 1.54) is 0 Å². The normalized spacial score (nSPS) is 10.9. The molecule has 6 heteroatoms. The summed E-state index contributed by atoms with van der Waals surface area (Å²) in [7, 11) is 0. The first-order valence-corrected chi connectivity index (χ1v) is 10.9. The molecule has 0 fully saturated rings. The lowest BCUT2D eigenvalue weighted by atomic mass is 9.99. The lowest BCUT2D eigenvalue weighted by Gasteiger charge is -2.14. The smallest absolute Gasteiger partial charge is 0.276 e. The molecule has 0 aliphatic carbocycles. The van der Waals surface area contributed by atoms with Gasteiger partial charge in [-0.3, -0.25) is 4.79 Å². The molecule has 0 saturated heterocycles. The van der Waals surface area contributed by atoms with E-state index in [0.717, 1.165) is 28.0 Å². The topological polar surface area (TPSA) is 76.4 Å². The van der Waals surface area contributed by atoms with Crippen LogP contribution in [-0.4, -0.2) is 20.8 Å². The summed E-state index contributed by atoms with van der Waals surface area (Å²) in [4.78, 5) is 12.7. The van der Waals surface area contributed by atoms with Crippen LogP contribution in [0.5, 0.6) is 11.5 Å². The van der Waals surface area contributed by atoms with E-state index in [2.05, 4.69) is 22.5 Å². The van der Waals surface area contributed by atoms with Crippen LogP contribution in [0.3, 0.4) is 0 Å². The Balaban J connectivity index is 1.38. The van der Waals surface area contributed by atoms with Gasteiger partial charge in [0.1, 0.15) is 11.5 Å². The molecule has 0 radical (unpaired) electrons. The summed E-state index contributed by atoms with van der Waals surface area (Å²) in [6, 6.07) is 23.1. The molecular weight excluding hydrogens is 414 g/mol. The van der Waals surface area contributed by atoms with Crippen molar-refractivity contribution in [1.82, 2.24) is 9.78 Å². The first-order chi connectivity index (χ1) is 15.9. The van der Waals surface area contributed by atoms with Gasteiger partial charge in [-0.2, -0.15) is 5.10 Å². The lowest BCUT2D eigenvalue weighted by Crippen LogP contribution is -2.15. The van der Waals surface area contributed by atoms with Gasteiger partial charge >= 0.3 is 0 Å². The number of hydrogen-bond acceptors (Lipinski definition) is 4. The van der Waals surface area contributed by atoms with Gasteiger partial charge in [-0.15, -0.1) is 0 Å². The second kappa shape index (κ2) is 9.61. The quantitative estimate of drug-likeness (QED) is 0.346. The van der Waals surface area contributed by atoms with Crippen molar-refractivity contribution in [2.45, 2.75) is 33.4 Å². The molecule has 0 aliphatic heterocycles. The molecule has 6 nitrogen and oxygen atoms in total. The molecule has 0 unspecified atom stereocenters. The molecule has 0 atom stereocenters. The first kappa shape index (κ1) is 22.1. The number of ether oxygens (including phenoxy) is 1. The molecule has 0 aliphatic rings. The summed E-state index contributed by atoms with van der Waals surface area (Å²) >= 11 is 0. The second-order valence-corrected chi connectivity index (χ2v) is 8.24. The minimum atomic E-state index is -0.315. The molecule has 1 amide bonds. The predicted molar refractivity (Wildman–Crippen MR) is 130 cm³/mol. The van der Waals surface area contributed by atoms with E-state index in [0.29, 0.717) is 5.69 Å². The molecule has 1 heterocycles. The van der Waals surface area contributed by atoms with Crippen molar-refractivity contribution >= 4 is 11.6 Å². The van der Waals surface area contributed by atoms with Gasteiger partial charge in [-0.25, -0.2) is 4.68 Å². The Kier molecular flexibility index (Phi) is 6.45. The minimum Gasteiger partial charge on any atom is -0.508 e. The van der Waals surface area contributed by atoms with E-state index in [4.69, 9.17) is 4.74 Å². The molecule has 0 spiro atoms. The van der Waals surface area contributed by atoms with Crippen LogP contribution in [0.25, 0.3) is 11.1 Å². The molecule has 1 aromatic heterocycles. The number of rotatable bonds is 7.